The second-order valence-electron chi connectivity index (χ2n) is 4.58. The van der Waals surface area contributed by atoms with Crippen molar-refractivity contribution in [3.05, 3.63) is 18.7 Å². The van der Waals surface area contributed by atoms with Gasteiger partial charge in [0.15, 0.2) is 0 Å². The van der Waals surface area contributed by atoms with E-state index in [0.717, 1.165) is 0 Å². The number of anilines is 2. The van der Waals surface area contributed by atoms with Crippen molar-refractivity contribution in [3.8, 4) is 5.95 Å². The Morgan fingerprint density at radius 1 is 1.29 bits per heavy atom. The van der Waals surface area contributed by atoms with Crippen LogP contribution in [0.1, 0.15) is 13.8 Å². The smallest absolute Gasteiger partial charge is 0.241 e. The highest BCUT2D eigenvalue weighted by atomic mass is 16.1. The van der Waals surface area contributed by atoms with Gasteiger partial charge in [0.05, 0.1) is 6.54 Å². The van der Waals surface area contributed by atoms with Crippen molar-refractivity contribution in [2.45, 2.75) is 19.9 Å². The van der Waals surface area contributed by atoms with Crippen LogP contribution in [-0.4, -0.2) is 50.0 Å². The summed E-state index contributed by atoms with van der Waals surface area (Å²) in [6, 6.07) is 0.0898. The predicted molar refractivity (Wildman–Crippen MR) is 78.3 cm³/mol. The molecule has 0 bridgehead atoms. The summed E-state index contributed by atoms with van der Waals surface area (Å²) in [6.07, 6.45) is 4.94. The zero-order valence-electron chi connectivity index (χ0n) is 12.2. The van der Waals surface area contributed by atoms with E-state index in [9.17, 15) is 4.79 Å². The summed E-state index contributed by atoms with van der Waals surface area (Å²) in [6.45, 7) is 3.89. The van der Waals surface area contributed by atoms with Crippen LogP contribution in [0.5, 0.6) is 0 Å². The van der Waals surface area contributed by atoms with Crippen LogP contribution in [0.4, 0.5) is 11.9 Å². The van der Waals surface area contributed by atoms with Crippen LogP contribution in [0.3, 0.4) is 0 Å². The second kappa shape index (κ2) is 6.64. The Bertz CT molecular complexity index is 595. The van der Waals surface area contributed by atoms with E-state index in [-0.39, 0.29) is 18.5 Å². The third-order valence-electron chi connectivity index (χ3n) is 2.44. The molecule has 9 heteroatoms. The van der Waals surface area contributed by atoms with Gasteiger partial charge in [-0.2, -0.15) is 15.0 Å². The van der Waals surface area contributed by atoms with Gasteiger partial charge < -0.3 is 16.0 Å². The van der Waals surface area contributed by atoms with Crippen LogP contribution in [-0.2, 0) is 4.79 Å². The van der Waals surface area contributed by atoms with Crippen molar-refractivity contribution in [3.63, 3.8) is 0 Å². The second-order valence-corrected chi connectivity index (χ2v) is 4.58. The van der Waals surface area contributed by atoms with Gasteiger partial charge in [-0.05, 0) is 13.8 Å². The SMILES string of the molecule is CNc1nc(NCC(=O)NC(C)C)nc(-n2ccnc2)n1. The van der Waals surface area contributed by atoms with Gasteiger partial charge in [0.25, 0.3) is 0 Å². The minimum atomic E-state index is -0.124. The van der Waals surface area contributed by atoms with Gasteiger partial charge in [0.2, 0.25) is 23.8 Å². The van der Waals surface area contributed by atoms with Gasteiger partial charge in [-0.1, -0.05) is 0 Å². The van der Waals surface area contributed by atoms with Gasteiger partial charge in [-0.25, -0.2) is 4.98 Å². The minimum absolute atomic E-state index is 0.0898. The number of nitrogens with zero attached hydrogens (tertiary/aromatic N) is 5. The molecule has 0 aromatic carbocycles. The van der Waals surface area contributed by atoms with Crippen molar-refractivity contribution in [2.75, 3.05) is 24.2 Å². The summed E-state index contributed by atoms with van der Waals surface area (Å²) in [5, 5.41) is 8.51. The van der Waals surface area contributed by atoms with Gasteiger partial charge >= 0.3 is 0 Å². The molecule has 21 heavy (non-hydrogen) atoms. The largest absolute Gasteiger partial charge is 0.357 e. The number of amides is 1. The maximum Gasteiger partial charge on any atom is 0.241 e. The molecule has 3 N–H and O–H groups in total. The zero-order chi connectivity index (χ0) is 15.2. The van der Waals surface area contributed by atoms with E-state index in [1.165, 1.54) is 0 Å². The van der Waals surface area contributed by atoms with Crippen molar-refractivity contribution < 1.29 is 4.79 Å². The van der Waals surface area contributed by atoms with Crippen LogP contribution in [0.15, 0.2) is 18.7 Å². The summed E-state index contributed by atoms with van der Waals surface area (Å²) in [7, 11) is 1.71. The molecule has 0 atom stereocenters. The van der Waals surface area contributed by atoms with Gasteiger partial charge in [0.1, 0.15) is 6.33 Å². The molecule has 2 rings (SSSR count). The van der Waals surface area contributed by atoms with Crippen LogP contribution in [0.25, 0.3) is 5.95 Å². The predicted octanol–water partition coefficient (Wildman–Crippen LogP) is 0.0355. The number of aromatic nitrogens is 5. The third kappa shape index (κ3) is 4.13. The fourth-order valence-corrected chi connectivity index (χ4v) is 1.58. The van der Waals surface area contributed by atoms with Crippen molar-refractivity contribution in [1.82, 2.24) is 29.8 Å². The normalized spacial score (nSPS) is 10.5. The molecule has 2 aromatic rings. The maximum absolute atomic E-state index is 11.6. The van der Waals surface area contributed by atoms with E-state index < -0.39 is 0 Å². The molecular weight excluding hydrogens is 272 g/mol. The molecule has 9 nitrogen and oxygen atoms in total. The highest BCUT2D eigenvalue weighted by Crippen LogP contribution is 2.08. The average Bonchev–Trinajstić information content (AvgIpc) is 2.98. The zero-order valence-corrected chi connectivity index (χ0v) is 12.2. The van der Waals surface area contributed by atoms with Gasteiger partial charge in [0, 0.05) is 25.5 Å². The van der Waals surface area contributed by atoms with Crippen LogP contribution < -0.4 is 16.0 Å². The summed E-state index contributed by atoms with van der Waals surface area (Å²) in [5.41, 5.74) is 0. The Labute approximate surface area is 122 Å². The molecular formula is C12H18N8O. The molecule has 1 amide bonds. The molecule has 0 saturated carbocycles. The molecule has 2 aromatic heterocycles. The van der Waals surface area contributed by atoms with Crippen LogP contribution in [0, 0.1) is 0 Å². The van der Waals surface area contributed by atoms with E-state index in [4.69, 9.17) is 0 Å². The summed E-state index contributed by atoms with van der Waals surface area (Å²) in [5.74, 6) is 1.01. The summed E-state index contributed by atoms with van der Waals surface area (Å²) >= 11 is 0. The lowest BCUT2D eigenvalue weighted by Gasteiger charge is -2.10. The first-order chi connectivity index (χ1) is 10.1. The number of rotatable bonds is 6. The summed E-state index contributed by atoms with van der Waals surface area (Å²) in [4.78, 5) is 28.2. The Kier molecular flexibility index (Phi) is 4.64. The molecule has 0 spiro atoms. The molecule has 0 aliphatic heterocycles. The van der Waals surface area contributed by atoms with Crippen LogP contribution >= 0.6 is 0 Å². The number of imidazole rings is 1. The number of carbonyl (C=O) groups excluding carboxylic acids is 1. The van der Waals surface area contributed by atoms with Crippen molar-refractivity contribution in [2.24, 2.45) is 0 Å². The van der Waals surface area contributed by atoms with E-state index in [1.807, 2.05) is 13.8 Å². The van der Waals surface area contributed by atoms with Crippen LogP contribution in [0.2, 0.25) is 0 Å². The molecule has 112 valence electrons. The molecule has 0 saturated heterocycles. The Hall–Kier alpha value is -2.71. The summed E-state index contributed by atoms with van der Waals surface area (Å²) < 4.78 is 1.65. The fourth-order valence-electron chi connectivity index (χ4n) is 1.58. The quantitative estimate of drug-likeness (QED) is 0.688. The standard InChI is InChI=1S/C12H18N8O/c1-8(2)16-9(21)6-15-11-17-10(13-3)18-12(19-11)20-5-4-14-7-20/h4-5,7-8H,6H2,1-3H3,(H,16,21)(H2,13,15,17,18,19). The third-order valence-corrected chi connectivity index (χ3v) is 2.44. The average molecular weight is 290 g/mol. The van der Waals surface area contributed by atoms with Crippen molar-refractivity contribution >= 4 is 17.8 Å². The Morgan fingerprint density at radius 3 is 2.67 bits per heavy atom. The molecule has 0 aliphatic carbocycles. The highest BCUT2D eigenvalue weighted by Gasteiger charge is 2.09. The van der Waals surface area contributed by atoms with E-state index >= 15 is 0 Å². The number of hydrogen-bond donors (Lipinski definition) is 3. The molecule has 0 radical (unpaired) electrons. The Balaban J connectivity index is 2.12. The van der Waals surface area contributed by atoms with Crippen molar-refractivity contribution in [1.29, 1.82) is 0 Å². The van der Waals surface area contributed by atoms with E-state index in [1.54, 1.807) is 30.3 Å². The van der Waals surface area contributed by atoms with E-state index in [2.05, 4.69) is 35.9 Å². The Morgan fingerprint density at radius 2 is 2.05 bits per heavy atom. The maximum atomic E-state index is 11.6. The lowest BCUT2D eigenvalue weighted by Crippen LogP contribution is -2.35. The first-order valence-corrected chi connectivity index (χ1v) is 6.54. The lowest BCUT2D eigenvalue weighted by molar-refractivity contribution is -0.119. The number of carbonyl (C=O) groups is 1. The molecule has 0 unspecified atom stereocenters. The van der Waals surface area contributed by atoms with Gasteiger partial charge in [-0.15, -0.1) is 0 Å². The minimum Gasteiger partial charge on any atom is -0.357 e. The lowest BCUT2D eigenvalue weighted by atomic mass is 10.4. The molecule has 2 heterocycles. The number of hydrogen-bond acceptors (Lipinski definition) is 7. The van der Waals surface area contributed by atoms with Gasteiger partial charge in [-0.3, -0.25) is 9.36 Å². The molecule has 0 fully saturated rings. The fraction of sp³-hybridized carbons (Fsp3) is 0.417. The highest BCUT2D eigenvalue weighted by molar-refractivity contribution is 5.80. The first kappa shape index (κ1) is 14.7. The molecule has 0 aliphatic rings. The number of nitrogens with one attached hydrogen (secondary N) is 3. The monoisotopic (exact) mass is 290 g/mol. The van der Waals surface area contributed by atoms with E-state index in [0.29, 0.717) is 17.8 Å². The first-order valence-electron chi connectivity index (χ1n) is 6.54. The topological polar surface area (TPSA) is 110 Å².